The van der Waals surface area contributed by atoms with Gasteiger partial charge in [0.1, 0.15) is 11.5 Å². The fourth-order valence-electron chi connectivity index (χ4n) is 3.62. The van der Waals surface area contributed by atoms with Crippen LogP contribution < -0.4 is 9.47 Å². The van der Waals surface area contributed by atoms with E-state index in [9.17, 15) is 4.79 Å². The van der Waals surface area contributed by atoms with Gasteiger partial charge >= 0.3 is 0 Å². The molecular formula is C25H23ClN2O3S. The van der Waals surface area contributed by atoms with Crippen LogP contribution in [-0.2, 0) is 4.79 Å². The molecule has 0 unspecified atom stereocenters. The second kappa shape index (κ2) is 9.67. The van der Waals surface area contributed by atoms with Gasteiger partial charge in [0.15, 0.2) is 5.17 Å². The molecule has 3 aromatic rings. The second-order valence-electron chi connectivity index (χ2n) is 7.18. The zero-order valence-electron chi connectivity index (χ0n) is 18.1. The summed E-state index contributed by atoms with van der Waals surface area (Å²) < 4.78 is 11.1. The fraction of sp³-hybridized carbons (Fsp3) is 0.200. The van der Waals surface area contributed by atoms with E-state index in [1.165, 1.54) is 11.8 Å². The van der Waals surface area contributed by atoms with Gasteiger partial charge in [0.2, 0.25) is 0 Å². The van der Waals surface area contributed by atoms with Crippen molar-refractivity contribution in [2.75, 3.05) is 20.8 Å². The Morgan fingerprint density at radius 3 is 2.47 bits per heavy atom. The number of aliphatic imine (C=N–C) groups is 1. The second-order valence-corrected chi connectivity index (χ2v) is 8.62. The molecule has 0 bridgehead atoms. The minimum atomic E-state index is -0.0524. The van der Waals surface area contributed by atoms with Crippen molar-refractivity contribution in [2.24, 2.45) is 4.99 Å². The monoisotopic (exact) mass is 466 g/mol. The lowest BCUT2D eigenvalue weighted by molar-refractivity contribution is -0.122. The normalized spacial score (nSPS) is 16.4. The highest BCUT2D eigenvalue weighted by molar-refractivity contribution is 8.18. The molecule has 1 fully saturated rings. The molecule has 5 nitrogen and oxygen atoms in total. The predicted molar refractivity (Wildman–Crippen MR) is 133 cm³/mol. The van der Waals surface area contributed by atoms with Crippen molar-refractivity contribution in [3.05, 3.63) is 70.1 Å². The molecule has 0 atom stereocenters. The maximum absolute atomic E-state index is 13.2. The number of amidine groups is 1. The van der Waals surface area contributed by atoms with Crippen molar-refractivity contribution < 1.29 is 14.3 Å². The smallest absolute Gasteiger partial charge is 0.266 e. The van der Waals surface area contributed by atoms with E-state index in [1.54, 1.807) is 31.3 Å². The fourth-order valence-corrected chi connectivity index (χ4v) is 4.76. The van der Waals surface area contributed by atoms with Crippen LogP contribution in [0.1, 0.15) is 18.9 Å². The zero-order valence-corrected chi connectivity index (χ0v) is 19.7. The molecule has 4 rings (SSSR count). The summed E-state index contributed by atoms with van der Waals surface area (Å²) >= 11 is 7.37. The van der Waals surface area contributed by atoms with Crippen LogP contribution in [0.2, 0.25) is 5.02 Å². The minimum absolute atomic E-state index is 0.0524. The maximum Gasteiger partial charge on any atom is 0.266 e. The first-order chi connectivity index (χ1) is 15.5. The average Bonchev–Trinajstić information content (AvgIpc) is 3.09. The molecule has 1 aliphatic heterocycles. The number of methoxy groups -OCH3 is 2. The van der Waals surface area contributed by atoms with Crippen molar-refractivity contribution in [1.29, 1.82) is 0 Å². The first-order valence-corrected chi connectivity index (χ1v) is 11.4. The minimum Gasteiger partial charge on any atom is -0.496 e. The molecule has 1 heterocycles. The summed E-state index contributed by atoms with van der Waals surface area (Å²) in [5.74, 6) is 1.43. The van der Waals surface area contributed by atoms with Crippen molar-refractivity contribution in [3.63, 3.8) is 0 Å². The number of carbonyl (C=O) groups is 1. The van der Waals surface area contributed by atoms with Crippen LogP contribution in [0.25, 0.3) is 16.8 Å². The Balaban J connectivity index is 1.80. The molecule has 1 saturated heterocycles. The van der Waals surface area contributed by atoms with Crippen molar-refractivity contribution in [2.45, 2.75) is 13.3 Å². The summed E-state index contributed by atoms with van der Waals surface area (Å²) in [6.45, 7) is 2.64. The summed E-state index contributed by atoms with van der Waals surface area (Å²) in [5.41, 5.74) is 1.64. The number of carbonyl (C=O) groups excluding carboxylic acids is 1. The van der Waals surface area contributed by atoms with Crippen molar-refractivity contribution >= 4 is 57.0 Å². The predicted octanol–water partition coefficient (Wildman–Crippen LogP) is 6.52. The highest BCUT2D eigenvalue weighted by atomic mass is 35.5. The van der Waals surface area contributed by atoms with E-state index in [4.69, 9.17) is 26.1 Å². The van der Waals surface area contributed by atoms with E-state index < -0.39 is 0 Å². The SMILES string of the molecule is CCCN1C(=O)/C(=C/c2ccc(OC)c3cccc(OC)c23)SC1=Nc1ccc(Cl)cc1. The number of hydrogen-bond donors (Lipinski definition) is 0. The van der Waals surface area contributed by atoms with E-state index in [0.717, 1.165) is 39.9 Å². The van der Waals surface area contributed by atoms with Gasteiger partial charge in [-0.05, 0) is 66.2 Å². The molecule has 164 valence electrons. The quantitative estimate of drug-likeness (QED) is 0.388. The van der Waals surface area contributed by atoms with E-state index in [2.05, 4.69) is 0 Å². The lowest BCUT2D eigenvalue weighted by atomic mass is 10.0. The molecule has 32 heavy (non-hydrogen) atoms. The maximum atomic E-state index is 13.2. The standard InChI is InChI=1S/C25H23ClN2O3S/c1-4-14-28-24(29)22(32-25(28)27-18-11-9-17(26)10-12-18)15-16-8-13-20(30-2)19-6-5-7-21(31-3)23(16)19/h5-13,15H,4,14H2,1-3H3/b22-15-,27-25?. The van der Waals surface area contributed by atoms with Gasteiger partial charge in [0.25, 0.3) is 5.91 Å². The molecule has 0 radical (unpaired) electrons. The summed E-state index contributed by atoms with van der Waals surface area (Å²) in [4.78, 5) is 20.3. The largest absolute Gasteiger partial charge is 0.496 e. The van der Waals surface area contributed by atoms with E-state index in [-0.39, 0.29) is 5.91 Å². The van der Waals surface area contributed by atoms with Crippen LogP contribution in [0.5, 0.6) is 11.5 Å². The molecule has 0 aromatic heterocycles. The number of rotatable bonds is 6. The third kappa shape index (κ3) is 4.33. The Labute approximate surface area is 196 Å². The number of halogens is 1. The first-order valence-electron chi connectivity index (χ1n) is 10.2. The number of benzene rings is 3. The Kier molecular flexibility index (Phi) is 6.72. The van der Waals surface area contributed by atoms with Crippen LogP contribution in [0.3, 0.4) is 0 Å². The first kappa shape index (κ1) is 22.2. The third-order valence-electron chi connectivity index (χ3n) is 5.11. The van der Waals surface area contributed by atoms with Crippen molar-refractivity contribution in [1.82, 2.24) is 4.90 Å². The van der Waals surface area contributed by atoms with E-state index in [1.807, 2.05) is 55.5 Å². The Bertz CT molecular complexity index is 1220. The molecule has 0 spiro atoms. The average molecular weight is 467 g/mol. The summed E-state index contributed by atoms with van der Waals surface area (Å²) in [6, 6.07) is 16.9. The van der Waals surface area contributed by atoms with Crippen LogP contribution in [0, 0.1) is 0 Å². The molecule has 0 saturated carbocycles. The van der Waals surface area contributed by atoms with Gasteiger partial charge in [-0.25, -0.2) is 4.99 Å². The molecule has 1 amide bonds. The molecule has 1 aliphatic rings. The zero-order chi connectivity index (χ0) is 22.7. The summed E-state index contributed by atoms with van der Waals surface area (Å²) in [5, 5.41) is 3.14. The molecule has 0 N–H and O–H groups in total. The Hall–Kier alpha value is -2.96. The van der Waals surface area contributed by atoms with Crippen LogP contribution in [0.15, 0.2) is 64.5 Å². The van der Waals surface area contributed by atoms with Crippen LogP contribution in [0.4, 0.5) is 5.69 Å². The Morgan fingerprint density at radius 1 is 1.03 bits per heavy atom. The van der Waals surface area contributed by atoms with Gasteiger partial charge in [-0.3, -0.25) is 9.69 Å². The number of amides is 1. The lowest BCUT2D eigenvalue weighted by Gasteiger charge is -2.14. The summed E-state index contributed by atoms with van der Waals surface area (Å²) in [6.07, 6.45) is 2.74. The molecule has 3 aromatic carbocycles. The molecule has 0 aliphatic carbocycles. The number of nitrogens with zero attached hydrogens (tertiary/aromatic N) is 2. The molecule has 7 heteroatoms. The van der Waals surface area contributed by atoms with Gasteiger partial charge in [-0.1, -0.05) is 36.7 Å². The lowest BCUT2D eigenvalue weighted by Crippen LogP contribution is -2.29. The van der Waals surface area contributed by atoms with E-state index in [0.29, 0.717) is 21.6 Å². The van der Waals surface area contributed by atoms with Crippen LogP contribution in [-0.4, -0.2) is 36.7 Å². The number of hydrogen-bond acceptors (Lipinski definition) is 5. The Morgan fingerprint density at radius 2 is 1.78 bits per heavy atom. The van der Waals surface area contributed by atoms with Crippen LogP contribution >= 0.6 is 23.4 Å². The van der Waals surface area contributed by atoms with Gasteiger partial charge in [0, 0.05) is 22.3 Å². The van der Waals surface area contributed by atoms with Gasteiger partial charge < -0.3 is 9.47 Å². The van der Waals surface area contributed by atoms with Gasteiger partial charge in [-0.2, -0.15) is 0 Å². The van der Waals surface area contributed by atoms with Gasteiger partial charge in [0.05, 0.1) is 24.8 Å². The topological polar surface area (TPSA) is 51.1 Å². The molecular weight excluding hydrogens is 444 g/mol. The number of fused-ring (bicyclic) bond motifs is 1. The van der Waals surface area contributed by atoms with Crippen molar-refractivity contribution in [3.8, 4) is 11.5 Å². The van der Waals surface area contributed by atoms with E-state index >= 15 is 0 Å². The number of ether oxygens (including phenoxy) is 2. The number of thioether (sulfide) groups is 1. The highest BCUT2D eigenvalue weighted by Gasteiger charge is 2.33. The summed E-state index contributed by atoms with van der Waals surface area (Å²) in [7, 11) is 3.28. The highest BCUT2D eigenvalue weighted by Crippen LogP contribution is 2.39. The van der Waals surface area contributed by atoms with Gasteiger partial charge in [-0.15, -0.1) is 0 Å². The third-order valence-corrected chi connectivity index (χ3v) is 6.37.